The van der Waals surface area contributed by atoms with Crippen LogP contribution < -0.4 is 10.6 Å². The van der Waals surface area contributed by atoms with Crippen molar-refractivity contribution in [2.75, 3.05) is 26.3 Å². The van der Waals surface area contributed by atoms with E-state index in [1.807, 2.05) is 0 Å². The Morgan fingerprint density at radius 1 is 1.48 bits per heavy atom. The summed E-state index contributed by atoms with van der Waals surface area (Å²) < 4.78 is 5.13. The molecular weight excluding hydrogens is 278 g/mol. The number of carbonyl (C=O) groups is 3. The molecule has 0 aromatic rings. The van der Waals surface area contributed by atoms with Gasteiger partial charge in [0, 0.05) is 26.1 Å². The lowest BCUT2D eigenvalue weighted by molar-refractivity contribution is -0.144. The number of hydrogen-bond acceptors (Lipinski definition) is 4. The van der Waals surface area contributed by atoms with Crippen molar-refractivity contribution in [3.05, 3.63) is 0 Å². The first-order chi connectivity index (χ1) is 10.0. The van der Waals surface area contributed by atoms with Crippen molar-refractivity contribution >= 4 is 17.9 Å². The van der Waals surface area contributed by atoms with Gasteiger partial charge in [0.05, 0.1) is 18.6 Å². The fourth-order valence-electron chi connectivity index (χ4n) is 3.37. The number of carboxylic acid groups (broad SMARTS) is 1. The second-order valence-electron chi connectivity index (χ2n) is 5.87. The number of aliphatic carboxylic acids is 1. The van der Waals surface area contributed by atoms with Gasteiger partial charge in [-0.1, -0.05) is 0 Å². The highest BCUT2D eigenvalue weighted by atomic mass is 16.5. The predicted octanol–water partition coefficient (Wildman–Crippen LogP) is -0.850. The Morgan fingerprint density at radius 3 is 2.95 bits per heavy atom. The normalized spacial score (nSPS) is 35.2. The molecule has 0 aromatic carbocycles. The van der Waals surface area contributed by atoms with E-state index in [9.17, 15) is 19.5 Å². The summed E-state index contributed by atoms with van der Waals surface area (Å²) in [5.41, 5.74) is -1.35. The third-order valence-corrected chi connectivity index (χ3v) is 4.64. The molecule has 0 aromatic heterocycles. The molecule has 116 valence electrons. The number of carbonyl (C=O) groups excluding carboxylic acids is 2. The number of ether oxygens (including phenoxy) is 1. The molecule has 3 fully saturated rings. The summed E-state index contributed by atoms with van der Waals surface area (Å²) in [6.07, 6.45) is 1.78. The Bertz CT molecular complexity index is 474. The summed E-state index contributed by atoms with van der Waals surface area (Å²) in [5, 5.41) is 14.7. The smallest absolute Gasteiger partial charge is 0.332 e. The van der Waals surface area contributed by atoms with Crippen LogP contribution >= 0.6 is 0 Å². The minimum absolute atomic E-state index is 0.0188. The van der Waals surface area contributed by atoms with Crippen LogP contribution in [-0.2, 0) is 14.3 Å². The molecule has 0 bridgehead atoms. The van der Waals surface area contributed by atoms with Crippen molar-refractivity contribution in [3.8, 4) is 0 Å². The number of likely N-dealkylation sites (tertiary alicyclic amines) is 1. The molecule has 3 unspecified atom stereocenters. The molecule has 0 aliphatic carbocycles. The maximum Gasteiger partial charge on any atom is 0.332 e. The molecular formula is C13H19N3O5. The molecule has 3 heterocycles. The second-order valence-corrected chi connectivity index (χ2v) is 5.87. The standard InChI is InChI=1S/C13H19N3O5/c17-10-8-2-1-4-16(9(8)6-14-10)12(20)15-13(11(18)19)3-5-21-7-13/h8-9H,1-7H2,(H,14,17)(H,15,20)(H,18,19). The fourth-order valence-corrected chi connectivity index (χ4v) is 3.37. The molecule has 3 aliphatic heterocycles. The van der Waals surface area contributed by atoms with Gasteiger partial charge in [-0.25, -0.2) is 9.59 Å². The Labute approximate surface area is 121 Å². The molecule has 3 rings (SSSR count). The third kappa shape index (κ3) is 2.33. The molecule has 0 radical (unpaired) electrons. The molecule has 3 atom stereocenters. The Balaban J connectivity index is 1.73. The summed E-state index contributed by atoms with van der Waals surface area (Å²) in [4.78, 5) is 37.2. The minimum atomic E-state index is -1.35. The first kappa shape index (κ1) is 14.1. The Hall–Kier alpha value is -1.83. The highest BCUT2D eigenvalue weighted by Gasteiger charge is 2.48. The van der Waals surface area contributed by atoms with Crippen molar-refractivity contribution in [3.63, 3.8) is 0 Å². The van der Waals surface area contributed by atoms with E-state index in [-0.39, 0.29) is 30.9 Å². The van der Waals surface area contributed by atoms with Gasteiger partial charge in [0.1, 0.15) is 0 Å². The highest BCUT2D eigenvalue weighted by Crippen LogP contribution is 2.28. The lowest BCUT2D eigenvalue weighted by atomic mass is 9.91. The minimum Gasteiger partial charge on any atom is -0.479 e. The van der Waals surface area contributed by atoms with Crippen LogP contribution in [-0.4, -0.2) is 65.8 Å². The number of nitrogens with one attached hydrogen (secondary N) is 2. The van der Waals surface area contributed by atoms with E-state index < -0.39 is 17.5 Å². The van der Waals surface area contributed by atoms with Gasteiger partial charge < -0.3 is 25.4 Å². The van der Waals surface area contributed by atoms with Crippen LogP contribution in [0.3, 0.4) is 0 Å². The van der Waals surface area contributed by atoms with Crippen LogP contribution in [0.1, 0.15) is 19.3 Å². The Kier molecular flexibility index (Phi) is 3.48. The monoisotopic (exact) mass is 297 g/mol. The van der Waals surface area contributed by atoms with E-state index in [1.54, 1.807) is 4.90 Å². The van der Waals surface area contributed by atoms with Gasteiger partial charge >= 0.3 is 12.0 Å². The van der Waals surface area contributed by atoms with Gasteiger partial charge in [-0.2, -0.15) is 0 Å². The van der Waals surface area contributed by atoms with Crippen LogP contribution in [0.5, 0.6) is 0 Å². The summed E-state index contributed by atoms with van der Waals surface area (Å²) in [7, 11) is 0. The van der Waals surface area contributed by atoms with Gasteiger partial charge in [0.25, 0.3) is 0 Å². The highest BCUT2D eigenvalue weighted by molar-refractivity contribution is 5.88. The number of hydrogen-bond donors (Lipinski definition) is 3. The molecule has 21 heavy (non-hydrogen) atoms. The fraction of sp³-hybridized carbons (Fsp3) is 0.769. The van der Waals surface area contributed by atoms with Gasteiger partial charge in [0.2, 0.25) is 5.91 Å². The van der Waals surface area contributed by atoms with Gasteiger partial charge in [-0.3, -0.25) is 4.79 Å². The van der Waals surface area contributed by atoms with Crippen molar-refractivity contribution in [1.82, 2.24) is 15.5 Å². The second kappa shape index (κ2) is 5.18. The quantitative estimate of drug-likeness (QED) is 0.615. The molecule has 3 amide bonds. The summed E-state index contributed by atoms with van der Waals surface area (Å²) in [6, 6.07) is -0.603. The number of urea groups is 1. The molecule has 8 nitrogen and oxygen atoms in total. The van der Waals surface area contributed by atoms with Crippen molar-refractivity contribution < 1.29 is 24.2 Å². The van der Waals surface area contributed by atoms with Crippen LogP contribution in [0.2, 0.25) is 0 Å². The number of nitrogens with zero attached hydrogens (tertiary/aromatic N) is 1. The topological polar surface area (TPSA) is 108 Å². The lowest BCUT2D eigenvalue weighted by Crippen LogP contribution is -2.61. The van der Waals surface area contributed by atoms with Crippen LogP contribution in [0, 0.1) is 5.92 Å². The van der Waals surface area contributed by atoms with Crippen LogP contribution in [0.15, 0.2) is 0 Å². The molecule has 3 aliphatic rings. The van der Waals surface area contributed by atoms with Gasteiger partial charge in [-0.15, -0.1) is 0 Å². The number of fused-ring (bicyclic) bond motifs is 1. The predicted molar refractivity (Wildman–Crippen MR) is 70.6 cm³/mol. The average Bonchev–Trinajstić information content (AvgIpc) is 3.07. The van der Waals surface area contributed by atoms with E-state index in [2.05, 4.69) is 10.6 Å². The van der Waals surface area contributed by atoms with Crippen molar-refractivity contribution in [1.29, 1.82) is 0 Å². The maximum absolute atomic E-state index is 12.5. The van der Waals surface area contributed by atoms with Crippen LogP contribution in [0.4, 0.5) is 4.79 Å². The van der Waals surface area contributed by atoms with E-state index in [0.29, 0.717) is 19.7 Å². The molecule has 3 N–H and O–H groups in total. The third-order valence-electron chi connectivity index (χ3n) is 4.64. The van der Waals surface area contributed by atoms with Gasteiger partial charge in [-0.05, 0) is 12.8 Å². The molecule has 3 saturated heterocycles. The number of rotatable bonds is 2. The van der Waals surface area contributed by atoms with E-state index in [1.165, 1.54) is 0 Å². The summed E-state index contributed by atoms with van der Waals surface area (Å²) in [6.45, 7) is 1.28. The molecule has 8 heteroatoms. The molecule has 0 spiro atoms. The van der Waals surface area contributed by atoms with Crippen LogP contribution in [0.25, 0.3) is 0 Å². The first-order valence-corrected chi connectivity index (χ1v) is 7.21. The van der Waals surface area contributed by atoms with Gasteiger partial charge in [0.15, 0.2) is 5.54 Å². The zero-order valence-corrected chi connectivity index (χ0v) is 11.6. The van der Waals surface area contributed by atoms with Crippen molar-refractivity contribution in [2.24, 2.45) is 5.92 Å². The van der Waals surface area contributed by atoms with Crippen molar-refractivity contribution in [2.45, 2.75) is 30.8 Å². The number of carboxylic acids is 1. The number of amides is 3. The first-order valence-electron chi connectivity index (χ1n) is 7.21. The SMILES string of the molecule is O=C1NCC2C1CCCN2C(=O)NC1(C(=O)O)CCOC1. The summed E-state index contributed by atoms with van der Waals surface area (Å²) >= 11 is 0. The van der Waals surface area contributed by atoms with E-state index in [4.69, 9.17) is 4.74 Å². The molecule has 0 saturated carbocycles. The van der Waals surface area contributed by atoms with E-state index in [0.717, 1.165) is 12.8 Å². The average molecular weight is 297 g/mol. The zero-order chi connectivity index (χ0) is 15.0. The van der Waals surface area contributed by atoms with E-state index >= 15 is 0 Å². The summed E-state index contributed by atoms with van der Waals surface area (Å²) in [5.74, 6) is -1.28. The Morgan fingerprint density at radius 2 is 2.29 bits per heavy atom. The lowest BCUT2D eigenvalue weighted by Gasteiger charge is -2.37. The number of piperidine rings is 1. The maximum atomic E-state index is 12.5. The zero-order valence-electron chi connectivity index (χ0n) is 11.6. The largest absolute Gasteiger partial charge is 0.479 e.